The van der Waals surface area contributed by atoms with Crippen LogP contribution in [0.1, 0.15) is 24.2 Å². The molecule has 3 N–H and O–H groups in total. The van der Waals surface area contributed by atoms with Gasteiger partial charge in [-0.15, -0.1) is 0 Å². The van der Waals surface area contributed by atoms with E-state index in [-0.39, 0.29) is 5.91 Å². The minimum Gasteiger partial charge on any atom is -0.399 e. The van der Waals surface area contributed by atoms with Gasteiger partial charge in [0.2, 0.25) is 0 Å². The van der Waals surface area contributed by atoms with Crippen molar-refractivity contribution in [1.82, 2.24) is 5.32 Å². The maximum atomic E-state index is 11.7. The number of halogens is 1. The molecular weight excluding hydrogens is 212 g/mol. The number of rotatable bonds is 3. The second-order valence-electron chi connectivity index (χ2n) is 3.84. The third-order valence-electron chi connectivity index (χ3n) is 1.91. The van der Waals surface area contributed by atoms with E-state index in [1.165, 1.54) is 0 Å². The second kappa shape index (κ2) is 5.03. The van der Waals surface area contributed by atoms with E-state index in [9.17, 15) is 4.79 Å². The maximum Gasteiger partial charge on any atom is 0.252 e. The molecule has 1 aromatic rings. The minimum absolute atomic E-state index is 0.180. The molecule has 0 aliphatic carbocycles. The van der Waals surface area contributed by atoms with Crippen LogP contribution in [-0.2, 0) is 0 Å². The predicted molar refractivity (Wildman–Crippen MR) is 63.0 cm³/mol. The minimum atomic E-state index is -0.180. The van der Waals surface area contributed by atoms with Gasteiger partial charge >= 0.3 is 0 Å². The molecule has 15 heavy (non-hydrogen) atoms. The molecule has 1 rings (SSSR count). The Bertz CT molecular complexity index is 364. The van der Waals surface area contributed by atoms with Crippen molar-refractivity contribution in [2.24, 2.45) is 5.92 Å². The summed E-state index contributed by atoms with van der Waals surface area (Å²) in [5.74, 6) is 0.231. The fraction of sp³-hybridized carbons (Fsp3) is 0.364. The summed E-state index contributed by atoms with van der Waals surface area (Å²) >= 11 is 5.89. The molecule has 0 bridgehead atoms. The highest BCUT2D eigenvalue weighted by atomic mass is 35.5. The number of carbonyl (C=O) groups is 1. The Hall–Kier alpha value is -1.22. The molecule has 0 fully saturated rings. The van der Waals surface area contributed by atoms with Crippen LogP contribution in [0.25, 0.3) is 0 Å². The molecule has 0 aromatic heterocycles. The fourth-order valence-corrected chi connectivity index (χ4v) is 1.31. The zero-order chi connectivity index (χ0) is 11.4. The first kappa shape index (κ1) is 11.9. The monoisotopic (exact) mass is 226 g/mol. The molecule has 0 unspecified atom stereocenters. The van der Waals surface area contributed by atoms with Crippen LogP contribution in [0.4, 0.5) is 5.69 Å². The van der Waals surface area contributed by atoms with Gasteiger partial charge < -0.3 is 11.1 Å². The summed E-state index contributed by atoms with van der Waals surface area (Å²) in [6.07, 6.45) is 0. The number of nitrogens with one attached hydrogen (secondary N) is 1. The first-order valence-corrected chi connectivity index (χ1v) is 5.21. The van der Waals surface area contributed by atoms with Gasteiger partial charge in [-0.1, -0.05) is 25.4 Å². The molecule has 0 spiro atoms. The van der Waals surface area contributed by atoms with Gasteiger partial charge in [-0.3, -0.25) is 4.79 Å². The predicted octanol–water partition coefficient (Wildman–Crippen LogP) is 2.31. The topological polar surface area (TPSA) is 55.1 Å². The van der Waals surface area contributed by atoms with E-state index < -0.39 is 0 Å². The summed E-state index contributed by atoms with van der Waals surface area (Å²) in [6.45, 7) is 4.69. The summed E-state index contributed by atoms with van der Waals surface area (Å²) in [4.78, 5) is 11.7. The number of benzene rings is 1. The molecule has 0 radical (unpaired) electrons. The lowest BCUT2D eigenvalue weighted by Gasteiger charge is -2.09. The smallest absolute Gasteiger partial charge is 0.252 e. The molecule has 0 saturated carbocycles. The number of hydrogen-bond acceptors (Lipinski definition) is 2. The molecule has 3 nitrogen and oxygen atoms in total. The average Bonchev–Trinajstić information content (AvgIpc) is 2.18. The van der Waals surface area contributed by atoms with Crippen molar-refractivity contribution in [3.8, 4) is 0 Å². The van der Waals surface area contributed by atoms with Crippen molar-refractivity contribution >= 4 is 23.2 Å². The standard InChI is InChI=1S/C11H15ClN2O/c1-7(2)6-14-11(15)9-5-8(13)3-4-10(9)12/h3-5,7H,6,13H2,1-2H3,(H,14,15). The van der Waals surface area contributed by atoms with Gasteiger partial charge in [-0.05, 0) is 24.1 Å². The molecule has 0 aliphatic rings. The summed E-state index contributed by atoms with van der Waals surface area (Å²) in [7, 11) is 0. The van der Waals surface area contributed by atoms with Gasteiger partial charge in [0, 0.05) is 12.2 Å². The van der Waals surface area contributed by atoms with Crippen LogP contribution in [-0.4, -0.2) is 12.5 Å². The van der Waals surface area contributed by atoms with Crippen molar-refractivity contribution in [2.75, 3.05) is 12.3 Å². The Kier molecular flexibility index (Phi) is 3.97. The Balaban J connectivity index is 2.77. The highest BCUT2D eigenvalue weighted by molar-refractivity contribution is 6.34. The van der Waals surface area contributed by atoms with Gasteiger partial charge in [0.25, 0.3) is 5.91 Å². The molecule has 1 amide bonds. The van der Waals surface area contributed by atoms with Crippen molar-refractivity contribution in [1.29, 1.82) is 0 Å². The van der Waals surface area contributed by atoms with Crippen molar-refractivity contribution in [3.63, 3.8) is 0 Å². The van der Waals surface area contributed by atoms with E-state index in [4.69, 9.17) is 17.3 Å². The molecule has 1 aromatic carbocycles. The zero-order valence-electron chi connectivity index (χ0n) is 8.88. The Morgan fingerprint density at radius 2 is 2.20 bits per heavy atom. The van der Waals surface area contributed by atoms with E-state index in [0.717, 1.165) is 0 Å². The lowest BCUT2D eigenvalue weighted by molar-refractivity contribution is 0.0949. The Morgan fingerprint density at radius 3 is 2.80 bits per heavy atom. The van der Waals surface area contributed by atoms with Gasteiger partial charge in [0.05, 0.1) is 10.6 Å². The molecule has 82 valence electrons. The van der Waals surface area contributed by atoms with Gasteiger partial charge in [0.15, 0.2) is 0 Å². The lowest BCUT2D eigenvalue weighted by Crippen LogP contribution is -2.27. The number of nitrogen functional groups attached to an aromatic ring is 1. The van der Waals surface area contributed by atoms with Gasteiger partial charge in [0.1, 0.15) is 0 Å². The molecule has 0 saturated heterocycles. The SMILES string of the molecule is CC(C)CNC(=O)c1cc(N)ccc1Cl. The van der Waals surface area contributed by atoms with Crippen LogP contribution in [0.5, 0.6) is 0 Å². The van der Waals surface area contributed by atoms with Gasteiger partial charge in [-0.25, -0.2) is 0 Å². The molecular formula is C11H15ClN2O. The van der Waals surface area contributed by atoms with E-state index in [1.807, 2.05) is 13.8 Å². The molecule has 4 heteroatoms. The second-order valence-corrected chi connectivity index (χ2v) is 4.25. The Labute approximate surface area is 94.6 Å². The third kappa shape index (κ3) is 3.44. The average molecular weight is 227 g/mol. The summed E-state index contributed by atoms with van der Waals surface area (Å²) < 4.78 is 0. The number of hydrogen-bond donors (Lipinski definition) is 2. The lowest BCUT2D eigenvalue weighted by atomic mass is 10.1. The molecule has 0 heterocycles. The van der Waals surface area contributed by atoms with E-state index in [1.54, 1.807) is 18.2 Å². The van der Waals surface area contributed by atoms with Crippen LogP contribution in [0.3, 0.4) is 0 Å². The first-order chi connectivity index (χ1) is 7.00. The summed E-state index contributed by atoms with van der Waals surface area (Å²) in [5.41, 5.74) is 6.55. The van der Waals surface area contributed by atoms with Crippen LogP contribution in [0, 0.1) is 5.92 Å². The summed E-state index contributed by atoms with van der Waals surface area (Å²) in [6, 6.07) is 4.88. The van der Waals surface area contributed by atoms with E-state index in [2.05, 4.69) is 5.32 Å². The largest absolute Gasteiger partial charge is 0.399 e. The van der Waals surface area contributed by atoms with Crippen LogP contribution < -0.4 is 11.1 Å². The van der Waals surface area contributed by atoms with Crippen molar-refractivity contribution in [3.05, 3.63) is 28.8 Å². The Morgan fingerprint density at radius 1 is 1.53 bits per heavy atom. The fourth-order valence-electron chi connectivity index (χ4n) is 1.11. The number of amides is 1. The van der Waals surface area contributed by atoms with E-state index in [0.29, 0.717) is 28.7 Å². The highest BCUT2D eigenvalue weighted by Crippen LogP contribution is 2.18. The van der Waals surface area contributed by atoms with Gasteiger partial charge in [-0.2, -0.15) is 0 Å². The maximum absolute atomic E-state index is 11.7. The highest BCUT2D eigenvalue weighted by Gasteiger charge is 2.10. The third-order valence-corrected chi connectivity index (χ3v) is 2.24. The number of carbonyl (C=O) groups excluding carboxylic acids is 1. The number of nitrogens with two attached hydrogens (primary N) is 1. The van der Waals surface area contributed by atoms with Crippen LogP contribution >= 0.6 is 11.6 Å². The number of anilines is 1. The molecule has 0 atom stereocenters. The van der Waals surface area contributed by atoms with Crippen LogP contribution in [0.2, 0.25) is 5.02 Å². The van der Waals surface area contributed by atoms with Crippen molar-refractivity contribution < 1.29 is 4.79 Å². The van der Waals surface area contributed by atoms with Crippen LogP contribution in [0.15, 0.2) is 18.2 Å². The first-order valence-electron chi connectivity index (χ1n) is 4.84. The quantitative estimate of drug-likeness (QED) is 0.778. The summed E-state index contributed by atoms with van der Waals surface area (Å²) in [5, 5.41) is 3.21. The van der Waals surface area contributed by atoms with Crippen molar-refractivity contribution in [2.45, 2.75) is 13.8 Å². The normalized spacial score (nSPS) is 10.4. The van der Waals surface area contributed by atoms with E-state index >= 15 is 0 Å². The molecule has 0 aliphatic heterocycles. The zero-order valence-corrected chi connectivity index (χ0v) is 9.64.